The van der Waals surface area contributed by atoms with Gasteiger partial charge in [-0.1, -0.05) is 13.0 Å². The molecule has 1 aliphatic carbocycles. The van der Waals surface area contributed by atoms with Crippen LogP contribution >= 0.6 is 0 Å². The van der Waals surface area contributed by atoms with Crippen molar-refractivity contribution in [1.29, 1.82) is 0 Å². The van der Waals surface area contributed by atoms with Crippen LogP contribution in [-0.2, 0) is 12.8 Å². The summed E-state index contributed by atoms with van der Waals surface area (Å²) in [4.78, 5) is 2.35. The van der Waals surface area contributed by atoms with E-state index < -0.39 is 0 Å². The Balaban J connectivity index is 1.97. The highest BCUT2D eigenvalue weighted by atomic mass is 15.1. The van der Waals surface area contributed by atoms with E-state index in [-0.39, 0.29) is 0 Å². The second kappa shape index (κ2) is 5.54. The van der Waals surface area contributed by atoms with Crippen molar-refractivity contribution in [3.05, 3.63) is 29.3 Å². The number of rotatable bonds is 5. The Labute approximate surface area is 105 Å². The van der Waals surface area contributed by atoms with Gasteiger partial charge < -0.3 is 10.6 Å². The zero-order chi connectivity index (χ0) is 12.3. The molecule has 1 atom stereocenters. The van der Waals surface area contributed by atoms with Crippen LogP contribution in [0.15, 0.2) is 18.2 Å². The fourth-order valence-electron chi connectivity index (χ4n) is 2.46. The average molecular weight is 232 g/mol. The van der Waals surface area contributed by atoms with Crippen molar-refractivity contribution >= 4 is 5.69 Å². The molecule has 94 valence electrons. The van der Waals surface area contributed by atoms with E-state index >= 15 is 0 Å². The third-order valence-corrected chi connectivity index (χ3v) is 3.88. The van der Waals surface area contributed by atoms with E-state index in [2.05, 4.69) is 37.1 Å². The van der Waals surface area contributed by atoms with Crippen LogP contribution in [0.3, 0.4) is 0 Å². The zero-order valence-corrected chi connectivity index (χ0v) is 11.1. The normalized spacial score (nSPS) is 15.7. The van der Waals surface area contributed by atoms with Crippen LogP contribution in [0.5, 0.6) is 0 Å². The molecule has 2 heteroatoms. The maximum atomic E-state index is 5.65. The molecule has 1 aromatic carbocycles. The molecular formula is C15H24N2. The van der Waals surface area contributed by atoms with E-state index in [4.69, 9.17) is 5.73 Å². The molecule has 2 N–H and O–H groups in total. The highest BCUT2D eigenvalue weighted by Gasteiger charge is 2.12. The number of nitrogens with zero attached hydrogens (tertiary/aromatic N) is 1. The standard InChI is InChI=1S/C15H24N2/c1-12(11-16)8-9-17(2)15-7-6-13-4-3-5-14(13)10-15/h6-7,10,12H,3-5,8-9,11,16H2,1-2H3. The molecule has 0 saturated heterocycles. The second-order valence-corrected chi connectivity index (χ2v) is 5.36. The number of nitrogens with two attached hydrogens (primary N) is 1. The van der Waals surface area contributed by atoms with Gasteiger partial charge in [-0.3, -0.25) is 0 Å². The van der Waals surface area contributed by atoms with Gasteiger partial charge in [0.1, 0.15) is 0 Å². The Hall–Kier alpha value is -1.02. The van der Waals surface area contributed by atoms with Gasteiger partial charge in [0.05, 0.1) is 0 Å². The molecule has 0 bridgehead atoms. The monoisotopic (exact) mass is 232 g/mol. The third kappa shape index (κ3) is 3.01. The fourth-order valence-corrected chi connectivity index (χ4v) is 2.46. The van der Waals surface area contributed by atoms with Crippen molar-refractivity contribution in [1.82, 2.24) is 0 Å². The van der Waals surface area contributed by atoms with Gasteiger partial charge in [0.2, 0.25) is 0 Å². The SMILES string of the molecule is CC(CN)CCN(C)c1ccc2c(c1)CCC2. The lowest BCUT2D eigenvalue weighted by atomic mass is 10.1. The van der Waals surface area contributed by atoms with Crippen molar-refractivity contribution in [3.8, 4) is 0 Å². The van der Waals surface area contributed by atoms with Gasteiger partial charge >= 0.3 is 0 Å². The molecular weight excluding hydrogens is 208 g/mol. The Morgan fingerprint density at radius 2 is 2.06 bits per heavy atom. The molecule has 0 heterocycles. The summed E-state index contributed by atoms with van der Waals surface area (Å²) in [6.45, 7) is 4.10. The van der Waals surface area contributed by atoms with E-state index in [1.54, 1.807) is 11.1 Å². The summed E-state index contributed by atoms with van der Waals surface area (Å²) in [5.74, 6) is 0.617. The van der Waals surface area contributed by atoms with Crippen molar-refractivity contribution in [3.63, 3.8) is 0 Å². The van der Waals surface area contributed by atoms with Crippen LogP contribution in [0.2, 0.25) is 0 Å². The molecule has 17 heavy (non-hydrogen) atoms. The van der Waals surface area contributed by atoms with E-state index in [0.29, 0.717) is 5.92 Å². The maximum absolute atomic E-state index is 5.65. The number of aryl methyl sites for hydroxylation is 2. The van der Waals surface area contributed by atoms with Gasteiger partial charge in [0.25, 0.3) is 0 Å². The number of hydrogen-bond donors (Lipinski definition) is 1. The molecule has 0 saturated carbocycles. The summed E-state index contributed by atoms with van der Waals surface area (Å²) in [5, 5.41) is 0. The molecule has 1 aliphatic rings. The molecule has 2 nitrogen and oxygen atoms in total. The topological polar surface area (TPSA) is 29.3 Å². The highest BCUT2D eigenvalue weighted by molar-refractivity contribution is 5.51. The largest absolute Gasteiger partial charge is 0.375 e. The fraction of sp³-hybridized carbons (Fsp3) is 0.600. The first-order valence-electron chi connectivity index (χ1n) is 6.73. The minimum absolute atomic E-state index is 0.617. The third-order valence-electron chi connectivity index (χ3n) is 3.88. The van der Waals surface area contributed by atoms with Crippen LogP contribution in [0.4, 0.5) is 5.69 Å². The van der Waals surface area contributed by atoms with Crippen LogP contribution < -0.4 is 10.6 Å². The van der Waals surface area contributed by atoms with Crippen LogP contribution in [0, 0.1) is 5.92 Å². The summed E-state index contributed by atoms with van der Waals surface area (Å²) < 4.78 is 0. The smallest absolute Gasteiger partial charge is 0.0366 e. The maximum Gasteiger partial charge on any atom is 0.0366 e. The molecule has 0 radical (unpaired) electrons. The van der Waals surface area contributed by atoms with Gasteiger partial charge in [-0.25, -0.2) is 0 Å². The Kier molecular flexibility index (Phi) is 4.06. The number of anilines is 1. The van der Waals surface area contributed by atoms with Crippen LogP contribution in [0.25, 0.3) is 0 Å². The average Bonchev–Trinajstić information content (AvgIpc) is 2.82. The van der Waals surface area contributed by atoms with Gasteiger partial charge in [-0.2, -0.15) is 0 Å². The summed E-state index contributed by atoms with van der Waals surface area (Å²) in [5.41, 5.74) is 10.1. The van der Waals surface area contributed by atoms with Crippen LogP contribution in [0.1, 0.15) is 30.9 Å². The molecule has 2 rings (SSSR count). The van der Waals surface area contributed by atoms with Crippen molar-refractivity contribution in [2.24, 2.45) is 11.7 Å². The van der Waals surface area contributed by atoms with Gasteiger partial charge in [0.15, 0.2) is 0 Å². The lowest BCUT2D eigenvalue weighted by Crippen LogP contribution is -2.23. The number of hydrogen-bond acceptors (Lipinski definition) is 2. The van der Waals surface area contributed by atoms with Gasteiger partial charge in [-0.15, -0.1) is 0 Å². The van der Waals surface area contributed by atoms with Crippen molar-refractivity contribution in [2.45, 2.75) is 32.6 Å². The van der Waals surface area contributed by atoms with E-state index in [1.165, 1.54) is 31.4 Å². The molecule has 0 aromatic heterocycles. The van der Waals surface area contributed by atoms with Crippen molar-refractivity contribution < 1.29 is 0 Å². The summed E-state index contributed by atoms with van der Waals surface area (Å²) >= 11 is 0. The molecule has 0 aliphatic heterocycles. The first kappa shape index (κ1) is 12.4. The quantitative estimate of drug-likeness (QED) is 0.845. The Morgan fingerprint density at radius 1 is 1.29 bits per heavy atom. The molecule has 1 aromatic rings. The predicted molar refractivity (Wildman–Crippen MR) is 74.6 cm³/mol. The molecule has 0 fully saturated rings. The van der Waals surface area contributed by atoms with E-state index in [9.17, 15) is 0 Å². The first-order chi connectivity index (χ1) is 8.20. The minimum Gasteiger partial charge on any atom is -0.375 e. The number of fused-ring (bicyclic) bond motifs is 1. The lowest BCUT2D eigenvalue weighted by molar-refractivity contribution is 0.545. The molecule has 0 spiro atoms. The summed E-state index contributed by atoms with van der Waals surface area (Å²) in [6.07, 6.45) is 5.02. The Morgan fingerprint density at radius 3 is 2.82 bits per heavy atom. The molecule has 1 unspecified atom stereocenters. The molecule has 0 amide bonds. The lowest BCUT2D eigenvalue weighted by Gasteiger charge is -2.21. The van der Waals surface area contributed by atoms with Gasteiger partial charge in [-0.05, 0) is 61.4 Å². The summed E-state index contributed by atoms with van der Waals surface area (Å²) in [7, 11) is 2.18. The zero-order valence-electron chi connectivity index (χ0n) is 11.1. The second-order valence-electron chi connectivity index (χ2n) is 5.36. The van der Waals surface area contributed by atoms with Gasteiger partial charge in [0, 0.05) is 19.3 Å². The highest BCUT2D eigenvalue weighted by Crippen LogP contribution is 2.26. The van der Waals surface area contributed by atoms with E-state index in [0.717, 1.165) is 13.1 Å². The predicted octanol–water partition coefficient (Wildman–Crippen LogP) is 2.60. The van der Waals surface area contributed by atoms with Crippen LogP contribution in [-0.4, -0.2) is 20.1 Å². The van der Waals surface area contributed by atoms with E-state index in [1.807, 2.05) is 0 Å². The number of benzene rings is 1. The summed E-state index contributed by atoms with van der Waals surface area (Å²) in [6, 6.07) is 6.94. The first-order valence-corrected chi connectivity index (χ1v) is 6.73. The van der Waals surface area contributed by atoms with Crippen molar-refractivity contribution in [2.75, 3.05) is 25.0 Å². The Bertz CT molecular complexity index is 373. The minimum atomic E-state index is 0.617.